The van der Waals surface area contributed by atoms with Crippen LogP contribution in [0.2, 0.25) is 0 Å². The monoisotopic (exact) mass is 448 g/mol. The Morgan fingerprint density at radius 2 is 1.81 bits per heavy atom. The maximum atomic E-state index is 13.7. The smallest absolute Gasteiger partial charge is 0.247 e. The summed E-state index contributed by atoms with van der Waals surface area (Å²) in [7, 11) is -0.792. The van der Waals surface area contributed by atoms with Gasteiger partial charge in [-0.1, -0.05) is 6.07 Å². The molecule has 9 heteroatoms. The average Bonchev–Trinajstić information content (AvgIpc) is 3.25. The van der Waals surface area contributed by atoms with E-state index in [2.05, 4.69) is 5.32 Å². The average molecular weight is 449 g/mol. The van der Waals surface area contributed by atoms with E-state index in [0.29, 0.717) is 36.8 Å². The van der Waals surface area contributed by atoms with Gasteiger partial charge in [-0.05, 0) is 55.7 Å². The Labute approximate surface area is 183 Å². The Kier molecular flexibility index (Phi) is 7.07. The second kappa shape index (κ2) is 9.57. The zero-order valence-electron chi connectivity index (χ0n) is 18.2. The van der Waals surface area contributed by atoms with Crippen molar-refractivity contribution in [1.82, 2.24) is 4.31 Å². The highest BCUT2D eigenvalue weighted by atomic mass is 32.2. The molecule has 2 aromatic carbocycles. The standard InChI is InChI=1S/C22H28N2O6S/c1-5-30-20-11-9-17(23-15(2)25)14-22(20)31(26,27)24-12-6-7-18(24)16-8-10-19(28-3)21(13-16)29-4/h8-11,13-14,18H,5-7,12H2,1-4H3,(H,23,25)/t18-/m1/s1. The van der Waals surface area contributed by atoms with Crippen LogP contribution in [0.4, 0.5) is 5.69 Å². The largest absolute Gasteiger partial charge is 0.493 e. The minimum absolute atomic E-state index is 0.0352. The highest BCUT2D eigenvalue weighted by Crippen LogP contribution is 2.41. The molecule has 1 heterocycles. The van der Waals surface area contributed by atoms with Gasteiger partial charge in [0, 0.05) is 19.2 Å². The molecule has 0 unspecified atom stereocenters. The van der Waals surface area contributed by atoms with Crippen molar-refractivity contribution in [2.75, 3.05) is 32.7 Å². The fourth-order valence-electron chi connectivity index (χ4n) is 3.81. The lowest BCUT2D eigenvalue weighted by Gasteiger charge is -2.26. The van der Waals surface area contributed by atoms with Crippen LogP contribution in [0.5, 0.6) is 17.2 Å². The third-order valence-electron chi connectivity index (χ3n) is 5.15. The highest BCUT2D eigenvalue weighted by molar-refractivity contribution is 7.89. The van der Waals surface area contributed by atoms with E-state index in [9.17, 15) is 13.2 Å². The molecule has 168 valence electrons. The number of methoxy groups -OCH3 is 2. The number of ether oxygens (including phenoxy) is 3. The van der Waals surface area contributed by atoms with Crippen molar-refractivity contribution in [2.24, 2.45) is 0 Å². The number of amides is 1. The molecule has 1 N–H and O–H groups in total. The number of hydrogen-bond acceptors (Lipinski definition) is 6. The van der Waals surface area contributed by atoms with Crippen molar-refractivity contribution in [2.45, 2.75) is 37.6 Å². The van der Waals surface area contributed by atoms with Gasteiger partial charge >= 0.3 is 0 Å². The topological polar surface area (TPSA) is 94.2 Å². The number of rotatable bonds is 8. The first-order chi connectivity index (χ1) is 14.8. The molecular formula is C22H28N2O6S. The first-order valence-electron chi connectivity index (χ1n) is 10.1. The van der Waals surface area contributed by atoms with E-state index in [0.717, 1.165) is 12.0 Å². The van der Waals surface area contributed by atoms with Gasteiger partial charge in [0.15, 0.2) is 11.5 Å². The number of anilines is 1. The number of nitrogens with one attached hydrogen (secondary N) is 1. The van der Waals surface area contributed by atoms with E-state index in [1.165, 1.54) is 17.3 Å². The maximum absolute atomic E-state index is 13.7. The van der Waals surface area contributed by atoms with Gasteiger partial charge in [0.05, 0.1) is 26.9 Å². The Morgan fingerprint density at radius 1 is 1.10 bits per heavy atom. The molecule has 1 amide bonds. The number of benzene rings is 2. The van der Waals surface area contributed by atoms with Gasteiger partial charge in [-0.3, -0.25) is 4.79 Å². The molecule has 0 saturated carbocycles. The number of sulfonamides is 1. The van der Waals surface area contributed by atoms with Gasteiger partial charge in [0.1, 0.15) is 10.6 Å². The van der Waals surface area contributed by atoms with Crippen molar-refractivity contribution in [3.05, 3.63) is 42.0 Å². The van der Waals surface area contributed by atoms with Crippen LogP contribution < -0.4 is 19.5 Å². The lowest BCUT2D eigenvalue weighted by molar-refractivity contribution is -0.114. The Morgan fingerprint density at radius 3 is 2.45 bits per heavy atom. The molecule has 0 bridgehead atoms. The molecule has 1 aliphatic heterocycles. The fourth-order valence-corrected chi connectivity index (χ4v) is 5.65. The van der Waals surface area contributed by atoms with Crippen LogP contribution in [0.3, 0.4) is 0 Å². The van der Waals surface area contributed by atoms with Crippen LogP contribution in [-0.4, -0.2) is 46.0 Å². The van der Waals surface area contributed by atoms with Gasteiger partial charge in [-0.2, -0.15) is 4.31 Å². The number of hydrogen-bond donors (Lipinski definition) is 1. The van der Waals surface area contributed by atoms with Gasteiger partial charge < -0.3 is 19.5 Å². The van der Waals surface area contributed by atoms with E-state index in [1.807, 2.05) is 12.1 Å². The second-order valence-electron chi connectivity index (χ2n) is 7.16. The fraction of sp³-hybridized carbons (Fsp3) is 0.409. The number of carbonyl (C=O) groups is 1. The van der Waals surface area contributed by atoms with Gasteiger partial charge in [0.25, 0.3) is 0 Å². The van der Waals surface area contributed by atoms with Crippen molar-refractivity contribution >= 4 is 21.6 Å². The summed E-state index contributed by atoms with van der Waals surface area (Å²) in [5, 5.41) is 2.64. The molecule has 8 nitrogen and oxygen atoms in total. The summed E-state index contributed by atoms with van der Waals surface area (Å²) in [5.74, 6) is 1.11. The Hall–Kier alpha value is -2.78. The molecular weight excluding hydrogens is 420 g/mol. The van der Waals surface area contributed by atoms with Crippen LogP contribution in [-0.2, 0) is 14.8 Å². The first-order valence-corrected chi connectivity index (χ1v) is 11.5. The number of nitrogens with zero attached hydrogens (tertiary/aromatic N) is 1. The van der Waals surface area contributed by atoms with Crippen LogP contribution in [0, 0.1) is 0 Å². The van der Waals surface area contributed by atoms with Crippen LogP contribution >= 0.6 is 0 Å². The lowest BCUT2D eigenvalue weighted by atomic mass is 10.0. The van der Waals surface area contributed by atoms with Gasteiger partial charge in [-0.15, -0.1) is 0 Å². The summed E-state index contributed by atoms with van der Waals surface area (Å²) in [6, 6.07) is 9.76. The minimum atomic E-state index is -3.90. The highest BCUT2D eigenvalue weighted by Gasteiger charge is 2.38. The maximum Gasteiger partial charge on any atom is 0.247 e. The summed E-state index contributed by atoms with van der Waals surface area (Å²) in [4.78, 5) is 11.5. The second-order valence-corrected chi connectivity index (χ2v) is 9.02. The van der Waals surface area contributed by atoms with E-state index >= 15 is 0 Å². The Balaban J connectivity index is 2.03. The molecule has 1 saturated heterocycles. The summed E-state index contributed by atoms with van der Waals surface area (Å²) in [6.45, 7) is 3.87. The normalized spacial score (nSPS) is 16.7. The number of carbonyl (C=O) groups excluding carboxylic acids is 1. The van der Waals surface area contributed by atoms with Gasteiger partial charge in [0.2, 0.25) is 15.9 Å². The molecule has 0 spiro atoms. The molecule has 3 rings (SSSR count). The van der Waals surface area contributed by atoms with Crippen molar-refractivity contribution in [1.29, 1.82) is 0 Å². The van der Waals surface area contributed by atoms with E-state index in [-0.39, 0.29) is 22.6 Å². The summed E-state index contributed by atoms with van der Waals surface area (Å²) < 4.78 is 45.2. The van der Waals surface area contributed by atoms with Crippen molar-refractivity contribution in [3.8, 4) is 17.2 Å². The Bertz CT molecular complexity index is 1050. The van der Waals surface area contributed by atoms with Crippen LogP contribution in [0.1, 0.15) is 38.3 Å². The molecule has 31 heavy (non-hydrogen) atoms. The third kappa shape index (κ3) is 4.77. The van der Waals surface area contributed by atoms with Gasteiger partial charge in [-0.25, -0.2) is 8.42 Å². The third-order valence-corrected chi connectivity index (χ3v) is 7.08. The quantitative estimate of drug-likeness (QED) is 0.663. The molecule has 1 fully saturated rings. The van der Waals surface area contributed by atoms with Crippen molar-refractivity contribution in [3.63, 3.8) is 0 Å². The molecule has 1 aliphatic rings. The van der Waals surface area contributed by atoms with E-state index < -0.39 is 10.0 Å². The zero-order chi connectivity index (χ0) is 22.6. The van der Waals surface area contributed by atoms with Crippen molar-refractivity contribution < 1.29 is 27.4 Å². The first kappa shape index (κ1) is 22.9. The predicted octanol–water partition coefficient (Wildman–Crippen LogP) is 3.59. The summed E-state index contributed by atoms with van der Waals surface area (Å²) in [6.07, 6.45) is 1.41. The van der Waals surface area contributed by atoms with E-state index in [1.54, 1.807) is 39.3 Å². The predicted molar refractivity (Wildman–Crippen MR) is 117 cm³/mol. The van der Waals surface area contributed by atoms with Crippen LogP contribution in [0.25, 0.3) is 0 Å². The molecule has 0 aromatic heterocycles. The SMILES string of the molecule is CCOc1ccc(NC(C)=O)cc1S(=O)(=O)N1CCC[C@@H]1c1ccc(OC)c(OC)c1. The summed E-state index contributed by atoms with van der Waals surface area (Å²) >= 11 is 0. The lowest BCUT2D eigenvalue weighted by Crippen LogP contribution is -2.31. The van der Waals surface area contributed by atoms with Crippen LogP contribution in [0.15, 0.2) is 41.3 Å². The zero-order valence-corrected chi connectivity index (χ0v) is 19.0. The molecule has 2 aromatic rings. The van der Waals surface area contributed by atoms with E-state index in [4.69, 9.17) is 14.2 Å². The molecule has 1 atom stereocenters. The summed E-state index contributed by atoms with van der Waals surface area (Å²) in [5.41, 5.74) is 1.23. The molecule has 0 aliphatic carbocycles. The minimum Gasteiger partial charge on any atom is -0.493 e. The molecule has 0 radical (unpaired) electrons.